The number of nitrogens with zero attached hydrogens (tertiary/aromatic N) is 2. The van der Waals surface area contributed by atoms with Gasteiger partial charge in [-0.2, -0.15) is 5.10 Å². The van der Waals surface area contributed by atoms with E-state index in [0.29, 0.717) is 44.0 Å². The smallest absolute Gasteiger partial charge is 0.409 e. The maximum Gasteiger partial charge on any atom is 0.409 e. The molecule has 1 aliphatic rings. The van der Waals surface area contributed by atoms with E-state index in [-0.39, 0.29) is 18.6 Å². The summed E-state index contributed by atoms with van der Waals surface area (Å²) >= 11 is 0. The zero-order chi connectivity index (χ0) is 18.1. The largest absolute Gasteiger partial charge is 0.493 e. The minimum atomic E-state index is -0.355. The molecular formula is C17H23N3O5. The molecule has 8 heteroatoms. The Balaban J connectivity index is 1.75. The molecule has 2 amide bonds. The van der Waals surface area contributed by atoms with Crippen molar-refractivity contribution in [1.29, 1.82) is 0 Å². The molecule has 0 aliphatic carbocycles. The maximum absolute atomic E-state index is 11.8. The van der Waals surface area contributed by atoms with Crippen molar-refractivity contribution in [2.45, 2.75) is 19.8 Å². The molecule has 136 valence electrons. The number of carbonyl (C=O) groups excluding carboxylic acids is 2. The SMILES string of the molecule is CCOC(=O)N1CCC(=NNC(=O)COc2ccccc2OC)CC1. The molecule has 8 nitrogen and oxygen atoms in total. The fraction of sp³-hybridized carbons (Fsp3) is 0.471. The molecule has 1 fully saturated rings. The van der Waals surface area contributed by atoms with Crippen molar-refractivity contribution < 1.29 is 23.8 Å². The van der Waals surface area contributed by atoms with Crippen molar-refractivity contribution in [3.8, 4) is 11.5 Å². The molecule has 1 aromatic rings. The van der Waals surface area contributed by atoms with Gasteiger partial charge in [0.15, 0.2) is 18.1 Å². The number of para-hydroxylation sites is 2. The van der Waals surface area contributed by atoms with E-state index >= 15 is 0 Å². The molecule has 25 heavy (non-hydrogen) atoms. The third-order valence-corrected chi connectivity index (χ3v) is 3.63. The predicted octanol–water partition coefficient (Wildman–Crippen LogP) is 1.80. The molecule has 2 rings (SSSR count). The number of piperidine rings is 1. The summed E-state index contributed by atoms with van der Waals surface area (Å²) in [6.07, 6.45) is 0.898. The number of rotatable bonds is 6. The van der Waals surface area contributed by atoms with E-state index < -0.39 is 0 Å². The fourth-order valence-corrected chi connectivity index (χ4v) is 2.33. The molecule has 0 radical (unpaired) electrons. The van der Waals surface area contributed by atoms with Crippen LogP contribution in [0.1, 0.15) is 19.8 Å². The van der Waals surface area contributed by atoms with Gasteiger partial charge in [-0.25, -0.2) is 10.2 Å². The van der Waals surface area contributed by atoms with Gasteiger partial charge in [0.25, 0.3) is 5.91 Å². The van der Waals surface area contributed by atoms with Gasteiger partial charge in [-0.15, -0.1) is 0 Å². The molecule has 0 spiro atoms. The zero-order valence-corrected chi connectivity index (χ0v) is 14.5. The summed E-state index contributed by atoms with van der Waals surface area (Å²) in [7, 11) is 1.54. The summed E-state index contributed by atoms with van der Waals surface area (Å²) in [5.41, 5.74) is 3.32. The molecule has 0 unspecified atom stereocenters. The van der Waals surface area contributed by atoms with Crippen LogP contribution in [0.15, 0.2) is 29.4 Å². The first-order chi connectivity index (χ1) is 12.1. The van der Waals surface area contributed by atoms with Crippen LogP contribution in [-0.4, -0.2) is 56.0 Å². The van der Waals surface area contributed by atoms with Crippen molar-refractivity contribution in [3.63, 3.8) is 0 Å². The zero-order valence-electron chi connectivity index (χ0n) is 14.5. The van der Waals surface area contributed by atoms with Gasteiger partial charge in [-0.05, 0) is 19.1 Å². The Kier molecular flexibility index (Phi) is 7.06. The Labute approximate surface area is 146 Å². The first kappa shape index (κ1) is 18.6. The average molecular weight is 349 g/mol. The first-order valence-corrected chi connectivity index (χ1v) is 8.15. The lowest BCUT2D eigenvalue weighted by Crippen LogP contribution is -2.39. The molecule has 0 saturated carbocycles. The summed E-state index contributed by atoms with van der Waals surface area (Å²) in [5.74, 6) is 0.703. The summed E-state index contributed by atoms with van der Waals surface area (Å²) in [6, 6.07) is 7.10. The Hall–Kier alpha value is -2.77. The highest BCUT2D eigenvalue weighted by atomic mass is 16.6. The number of hydrogen-bond acceptors (Lipinski definition) is 6. The van der Waals surface area contributed by atoms with Gasteiger partial charge in [0, 0.05) is 31.6 Å². The van der Waals surface area contributed by atoms with E-state index in [2.05, 4.69) is 10.5 Å². The van der Waals surface area contributed by atoms with Crippen LogP contribution in [0.3, 0.4) is 0 Å². The molecule has 0 bridgehead atoms. The number of ether oxygens (including phenoxy) is 3. The van der Waals surface area contributed by atoms with Gasteiger partial charge < -0.3 is 19.1 Å². The van der Waals surface area contributed by atoms with Crippen molar-refractivity contribution in [3.05, 3.63) is 24.3 Å². The second kappa shape index (κ2) is 9.51. The minimum Gasteiger partial charge on any atom is -0.493 e. The molecule has 0 atom stereocenters. The Morgan fingerprint density at radius 1 is 1.20 bits per heavy atom. The molecule has 0 aromatic heterocycles. The average Bonchev–Trinajstić information content (AvgIpc) is 2.65. The predicted molar refractivity (Wildman–Crippen MR) is 91.9 cm³/mol. The number of amides is 2. The quantitative estimate of drug-likeness (QED) is 0.791. The Morgan fingerprint density at radius 3 is 2.52 bits per heavy atom. The lowest BCUT2D eigenvalue weighted by atomic mass is 10.1. The number of nitrogens with one attached hydrogen (secondary N) is 1. The van der Waals surface area contributed by atoms with Crippen LogP contribution in [0.5, 0.6) is 11.5 Å². The number of likely N-dealkylation sites (tertiary alicyclic amines) is 1. The highest BCUT2D eigenvalue weighted by molar-refractivity contribution is 5.88. The van der Waals surface area contributed by atoms with E-state index in [9.17, 15) is 9.59 Å². The third-order valence-electron chi connectivity index (χ3n) is 3.63. The minimum absolute atomic E-state index is 0.161. The van der Waals surface area contributed by atoms with Gasteiger partial charge in [-0.1, -0.05) is 12.1 Å². The normalized spacial score (nSPS) is 13.8. The van der Waals surface area contributed by atoms with Crippen LogP contribution in [0.25, 0.3) is 0 Å². The molecule has 1 aliphatic heterocycles. The molecule has 1 aromatic carbocycles. The summed E-state index contributed by atoms with van der Waals surface area (Å²) in [4.78, 5) is 25.1. The Bertz CT molecular complexity index is 622. The number of carbonyl (C=O) groups is 2. The van der Waals surface area contributed by atoms with Crippen LogP contribution in [-0.2, 0) is 9.53 Å². The summed E-state index contributed by atoms with van der Waals surface area (Å²) < 4.78 is 15.5. The van der Waals surface area contributed by atoms with E-state index in [4.69, 9.17) is 14.2 Å². The van der Waals surface area contributed by atoms with Crippen LogP contribution in [0.4, 0.5) is 4.79 Å². The second-order valence-electron chi connectivity index (χ2n) is 5.34. The number of benzene rings is 1. The van der Waals surface area contributed by atoms with Crippen molar-refractivity contribution in [2.24, 2.45) is 5.10 Å². The van der Waals surface area contributed by atoms with Gasteiger partial charge in [0.2, 0.25) is 0 Å². The van der Waals surface area contributed by atoms with Crippen molar-refractivity contribution >= 4 is 17.7 Å². The molecular weight excluding hydrogens is 326 g/mol. The van der Waals surface area contributed by atoms with Crippen molar-refractivity contribution in [2.75, 3.05) is 33.4 Å². The fourth-order valence-electron chi connectivity index (χ4n) is 2.33. The van der Waals surface area contributed by atoms with Crippen molar-refractivity contribution in [1.82, 2.24) is 10.3 Å². The maximum atomic E-state index is 11.8. The number of methoxy groups -OCH3 is 1. The van der Waals surface area contributed by atoms with Gasteiger partial charge >= 0.3 is 6.09 Å². The van der Waals surface area contributed by atoms with E-state index in [0.717, 1.165) is 5.71 Å². The Morgan fingerprint density at radius 2 is 1.88 bits per heavy atom. The van der Waals surface area contributed by atoms with Gasteiger partial charge in [0.05, 0.1) is 13.7 Å². The van der Waals surface area contributed by atoms with Crippen LogP contribution >= 0.6 is 0 Å². The van der Waals surface area contributed by atoms with E-state index in [1.165, 1.54) is 7.11 Å². The van der Waals surface area contributed by atoms with Crippen LogP contribution in [0, 0.1) is 0 Å². The third kappa shape index (κ3) is 5.66. The lowest BCUT2D eigenvalue weighted by molar-refractivity contribution is -0.123. The van der Waals surface area contributed by atoms with E-state index in [1.54, 1.807) is 30.0 Å². The summed E-state index contributed by atoms with van der Waals surface area (Å²) in [6.45, 7) is 3.04. The highest BCUT2D eigenvalue weighted by Gasteiger charge is 2.20. The lowest BCUT2D eigenvalue weighted by Gasteiger charge is -2.26. The molecule has 1 heterocycles. The molecule has 1 N–H and O–H groups in total. The van der Waals surface area contributed by atoms with Gasteiger partial charge in [0.1, 0.15) is 0 Å². The standard InChI is InChI=1S/C17H23N3O5/c1-3-24-17(22)20-10-8-13(9-11-20)18-19-16(21)12-25-15-7-5-4-6-14(15)23-2/h4-7H,3,8-12H2,1-2H3,(H,19,21). The van der Waals surface area contributed by atoms with Gasteiger partial charge in [-0.3, -0.25) is 4.79 Å². The molecule has 1 saturated heterocycles. The monoisotopic (exact) mass is 349 g/mol. The van der Waals surface area contributed by atoms with Crippen LogP contribution < -0.4 is 14.9 Å². The highest BCUT2D eigenvalue weighted by Crippen LogP contribution is 2.25. The first-order valence-electron chi connectivity index (χ1n) is 8.15. The summed E-state index contributed by atoms with van der Waals surface area (Å²) in [5, 5.41) is 4.10. The van der Waals surface area contributed by atoms with Crippen LogP contribution in [0.2, 0.25) is 0 Å². The number of hydrazone groups is 1. The second-order valence-corrected chi connectivity index (χ2v) is 5.34. The topological polar surface area (TPSA) is 89.5 Å². The van der Waals surface area contributed by atoms with E-state index in [1.807, 2.05) is 6.07 Å². The number of hydrogen-bond donors (Lipinski definition) is 1.